The topological polar surface area (TPSA) is 84.9 Å². The van der Waals surface area contributed by atoms with Gasteiger partial charge in [-0.3, -0.25) is 9.05 Å². The van der Waals surface area contributed by atoms with Crippen LogP contribution >= 0.6 is 7.75 Å². The lowest BCUT2D eigenvalue weighted by Gasteiger charge is -2.24. The van der Waals surface area contributed by atoms with Crippen LogP contribution in [0.15, 0.2) is 0 Å². The van der Waals surface area contributed by atoms with Crippen LogP contribution in [0.1, 0.15) is 27.7 Å². The summed E-state index contributed by atoms with van der Waals surface area (Å²) >= 11 is 0. The Balaban J connectivity index is 5.02. The third kappa shape index (κ3) is 6.49. The second-order valence-corrected chi connectivity index (χ2v) is 8.01. The van der Waals surface area contributed by atoms with E-state index in [1.807, 2.05) is 4.49 Å². The molecule has 7 nitrogen and oxygen atoms in total. The van der Waals surface area contributed by atoms with E-state index in [1.54, 1.807) is 27.7 Å². The molecule has 0 heterocycles. The Morgan fingerprint density at radius 1 is 1.06 bits per heavy atom. The van der Waals surface area contributed by atoms with Crippen molar-refractivity contribution in [2.24, 2.45) is 0 Å². The zero-order chi connectivity index (χ0) is 13.9. The van der Waals surface area contributed by atoms with Crippen molar-refractivity contribution in [3.63, 3.8) is 0 Å². The van der Waals surface area contributed by atoms with Crippen molar-refractivity contribution < 1.29 is 22.0 Å². The van der Waals surface area contributed by atoms with Gasteiger partial charge >= 0.3 is 7.75 Å². The summed E-state index contributed by atoms with van der Waals surface area (Å²) in [5, 5.41) is 0. The monoisotopic (exact) mass is 288 g/mol. The number of nitrogens with zero attached hydrogens (tertiary/aromatic N) is 1. The summed E-state index contributed by atoms with van der Waals surface area (Å²) in [6.07, 6.45) is -0.853. The van der Waals surface area contributed by atoms with Gasteiger partial charge < -0.3 is 0 Å². The van der Waals surface area contributed by atoms with Crippen LogP contribution in [0.3, 0.4) is 0 Å². The quantitative estimate of drug-likeness (QED) is 0.715. The lowest BCUT2D eigenvalue weighted by molar-refractivity contribution is 0.139. The van der Waals surface area contributed by atoms with Crippen molar-refractivity contribution in [2.45, 2.75) is 39.9 Å². The second kappa shape index (κ2) is 6.26. The second-order valence-electron chi connectivity index (χ2n) is 4.18. The summed E-state index contributed by atoms with van der Waals surface area (Å²) in [6.45, 7) is 6.56. The van der Waals surface area contributed by atoms with Crippen molar-refractivity contribution in [1.29, 1.82) is 0 Å². The summed E-state index contributed by atoms with van der Waals surface area (Å²) in [5.74, 6) is 0. The molecule has 0 saturated heterocycles. The molecule has 0 aromatic heterocycles. The maximum atomic E-state index is 12.2. The maximum absolute atomic E-state index is 12.2. The van der Waals surface area contributed by atoms with Crippen LogP contribution < -0.4 is 4.49 Å². The van der Waals surface area contributed by atoms with Crippen LogP contribution in [-0.4, -0.2) is 39.0 Å². The van der Waals surface area contributed by atoms with Gasteiger partial charge in [-0.1, -0.05) is 0 Å². The zero-order valence-electron chi connectivity index (χ0n) is 11.0. The molecule has 0 fully saturated rings. The first-order valence-corrected chi connectivity index (χ1v) is 8.15. The Bertz CT molecular complexity index is 365. The average molecular weight is 288 g/mol. The molecule has 0 saturated carbocycles. The molecule has 0 aromatic rings. The predicted octanol–water partition coefficient (Wildman–Crippen LogP) is 1.34. The highest BCUT2D eigenvalue weighted by atomic mass is 32.2. The Morgan fingerprint density at radius 3 is 1.65 bits per heavy atom. The van der Waals surface area contributed by atoms with Crippen LogP contribution in [-0.2, 0) is 23.8 Å². The van der Waals surface area contributed by atoms with E-state index in [9.17, 15) is 13.0 Å². The molecule has 0 rings (SSSR count). The number of rotatable bonds is 7. The highest BCUT2D eigenvalue weighted by Gasteiger charge is 2.34. The first kappa shape index (κ1) is 17.0. The van der Waals surface area contributed by atoms with Crippen molar-refractivity contribution in [3.8, 4) is 0 Å². The Hall–Kier alpha value is 0.0200. The van der Waals surface area contributed by atoms with Gasteiger partial charge in [0.15, 0.2) is 0 Å². The van der Waals surface area contributed by atoms with Gasteiger partial charge in [0, 0.05) is 14.1 Å². The number of nitrogens with one attached hydrogen (secondary N) is 1. The number of hydrogen-bond donors (Lipinski definition) is 1. The lowest BCUT2D eigenvalue weighted by Crippen LogP contribution is -2.35. The molecule has 9 heteroatoms. The molecule has 0 amide bonds. The first-order chi connectivity index (χ1) is 7.48. The third-order valence-corrected chi connectivity index (χ3v) is 5.58. The van der Waals surface area contributed by atoms with Crippen molar-refractivity contribution in [3.05, 3.63) is 0 Å². The largest absolute Gasteiger partial charge is 0.420 e. The van der Waals surface area contributed by atoms with E-state index in [1.165, 1.54) is 14.1 Å². The average Bonchev–Trinajstić information content (AvgIpc) is 1.96. The summed E-state index contributed by atoms with van der Waals surface area (Å²) in [5.41, 5.74) is 0. The Kier molecular flexibility index (Phi) is 6.27. The molecule has 0 aliphatic rings. The van der Waals surface area contributed by atoms with Gasteiger partial charge in [0.2, 0.25) is 0 Å². The van der Waals surface area contributed by atoms with Crippen LogP contribution in [0.5, 0.6) is 0 Å². The molecular weight excluding hydrogens is 267 g/mol. The van der Waals surface area contributed by atoms with Gasteiger partial charge in [-0.05, 0) is 27.7 Å². The van der Waals surface area contributed by atoms with Crippen LogP contribution in [0.2, 0.25) is 0 Å². The molecule has 1 N–H and O–H groups in total. The molecule has 0 atom stereocenters. The first-order valence-electron chi connectivity index (χ1n) is 5.17. The molecule has 17 heavy (non-hydrogen) atoms. The van der Waals surface area contributed by atoms with E-state index in [0.29, 0.717) is 0 Å². The van der Waals surface area contributed by atoms with E-state index in [0.717, 1.165) is 4.31 Å². The Labute approximate surface area is 103 Å². The summed E-state index contributed by atoms with van der Waals surface area (Å²) < 4.78 is 48.3. The van der Waals surface area contributed by atoms with Crippen molar-refractivity contribution >= 4 is 18.0 Å². The molecule has 0 bridgehead atoms. The fourth-order valence-corrected chi connectivity index (χ4v) is 4.13. The molecule has 0 spiro atoms. The van der Waals surface area contributed by atoms with Gasteiger partial charge in [0.25, 0.3) is 10.2 Å². The minimum absolute atomic E-state index is 0.426. The van der Waals surface area contributed by atoms with Gasteiger partial charge in [0.1, 0.15) is 0 Å². The van der Waals surface area contributed by atoms with Gasteiger partial charge in [0.05, 0.1) is 12.2 Å². The normalized spacial score (nSPS) is 13.9. The van der Waals surface area contributed by atoms with Gasteiger partial charge in [-0.15, -0.1) is 4.49 Å². The molecule has 0 aliphatic carbocycles. The van der Waals surface area contributed by atoms with E-state index >= 15 is 0 Å². The summed E-state index contributed by atoms with van der Waals surface area (Å²) in [6, 6.07) is 0. The van der Waals surface area contributed by atoms with E-state index < -0.39 is 30.2 Å². The van der Waals surface area contributed by atoms with Gasteiger partial charge in [-0.25, -0.2) is 4.57 Å². The minimum Gasteiger partial charge on any atom is -0.293 e. The highest BCUT2D eigenvalue weighted by Crippen LogP contribution is 2.47. The molecule has 0 radical (unpaired) electrons. The maximum Gasteiger partial charge on any atom is 0.420 e. The highest BCUT2D eigenvalue weighted by molar-refractivity contribution is 7.92. The van der Waals surface area contributed by atoms with Crippen LogP contribution in [0, 0.1) is 0 Å². The molecule has 0 aliphatic heterocycles. The standard InChI is InChI=1S/C8H21N2O5PS/c1-7(2)14-16(11,15-8(3)4)9-17(12,13)10(5)6/h7-8H,1-6H3,(H,9,11). The molecule has 0 aromatic carbocycles. The van der Waals surface area contributed by atoms with E-state index in [4.69, 9.17) is 9.05 Å². The predicted molar refractivity (Wildman–Crippen MR) is 65.8 cm³/mol. The number of hydrogen-bond acceptors (Lipinski definition) is 5. The lowest BCUT2D eigenvalue weighted by atomic mass is 10.5. The third-order valence-electron chi connectivity index (χ3n) is 1.41. The Morgan fingerprint density at radius 2 is 1.41 bits per heavy atom. The smallest absolute Gasteiger partial charge is 0.293 e. The molecular formula is C8H21N2O5PS. The summed E-state index contributed by atoms with van der Waals surface area (Å²) in [4.78, 5) is 0. The SMILES string of the molecule is CC(C)OP(=O)(NS(=O)(=O)N(C)C)OC(C)C. The zero-order valence-corrected chi connectivity index (χ0v) is 12.7. The van der Waals surface area contributed by atoms with Crippen LogP contribution in [0.25, 0.3) is 0 Å². The fraction of sp³-hybridized carbons (Fsp3) is 1.00. The minimum atomic E-state index is -3.89. The van der Waals surface area contributed by atoms with Crippen molar-refractivity contribution in [2.75, 3.05) is 14.1 Å². The summed E-state index contributed by atoms with van der Waals surface area (Å²) in [7, 11) is -5.13. The molecule has 0 unspecified atom stereocenters. The van der Waals surface area contributed by atoms with E-state index in [2.05, 4.69) is 0 Å². The van der Waals surface area contributed by atoms with Crippen molar-refractivity contribution in [1.82, 2.24) is 8.80 Å². The van der Waals surface area contributed by atoms with E-state index in [-0.39, 0.29) is 0 Å². The van der Waals surface area contributed by atoms with Crippen LogP contribution in [0.4, 0.5) is 0 Å². The molecule has 104 valence electrons. The van der Waals surface area contributed by atoms with Gasteiger partial charge in [-0.2, -0.15) is 12.7 Å². The fourth-order valence-electron chi connectivity index (χ4n) is 0.846.